The molecule has 0 aliphatic heterocycles. The minimum Gasteiger partial charge on any atom is -0.264 e. The molecule has 0 aromatic rings. The maximum absolute atomic E-state index is 11.4. The third-order valence-electron chi connectivity index (χ3n) is 5.33. The van der Waals surface area contributed by atoms with Crippen molar-refractivity contribution in [1.82, 2.24) is 0 Å². The molecule has 0 radical (unpaired) electrons. The number of hydrogen-bond acceptors (Lipinski definition) is 4. The summed E-state index contributed by atoms with van der Waals surface area (Å²) in [5, 5.41) is 21.8. The second-order valence-corrected chi connectivity index (χ2v) is 6.64. The van der Waals surface area contributed by atoms with Gasteiger partial charge in [-0.15, -0.1) is 0 Å². The second kappa shape index (κ2) is 4.28. The Hall–Kier alpha value is -1.46. The fraction of sp³-hybridized carbons (Fsp3) is 0.846. The molecule has 0 amide bonds. The zero-order valence-corrected chi connectivity index (χ0v) is 10.7. The first-order valence-electron chi connectivity index (χ1n) is 6.94. The number of hydrogen-bond donors (Lipinski definition) is 0. The van der Waals surface area contributed by atoms with Crippen LogP contribution in [0.25, 0.3) is 0 Å². The summed E-state index contributed by atoms with van der Waals surface area (Å²) < 4.78 is 0. The summed E-state index contributed by atoms with van der Waals surface area (Å²) in [6.07, 6.45) is 8.25. The molecule has 0 aromatic heterocycles. The van der Waals surface area contributed by atoms with E-state index in [1.165, 1.54) is 25.3 Å². The molecule has 0 aromatic carbocycles. The molecule has 1 atom stereocenters. The summed E-state index contributed by atoms with van der Waals surface area (Å²) in [6, 6.07) is -0.883. The van der Waals surface area contributed by atoms with E-state index in [4.69, 9.17) is 0 Å². The molecule has 1 unspecified atom stereocenters. The SMILES string of the molecule is O=[N+]([O-])C=CC([N+](=O)[O-])C12CC3CC(CC(C3)C1)C2. The Bertz CT molecular complexity index is 411. The largest absolute Gasteiger partial charge is 0.264 e. The highest BCUT2D eigenvalue weighted by molar-refractivity contribution is 5.08. The van der Waals surface area contributed by atoms with E-state index < -0.39 is 11.0 Å². The number of nitrogens with zero attached hydrogens (tertiary/aromatic N) is 2. The summed E-state index contributed by atoms with van der Waals surface area (Å²) in [5.74, 6) is 1.83. The van der Waals surface area contributed by atoms with E-state index in [-0.39, 0.29) is 10.3 Å². The molecule has 4 saturated carbocycles. The first-order valence-corrected chi connectivity index (χ1v) is 6.94. The third kappa shape index (κ3) is 2.13. The second-order valence-electron chi connectivity index (χ2n) is 6.64. The summed E-state index contributed by atoms with van der Waals surface area (Å²) in [6.45, 7) is 0. The molecule has 4 aliphatic carbocycles. The van der Waals surface area contributed by atoms with Gasteiger partial charge in [0.25, 0.3) is 0 Å². The molecule has 104 valence electrons. The summed E-state index contributed by atoms with van der Waals surface area (Å²) in [5.41, 5.74) is -0.315. The highest BCUT2D eigenvalue weighted by Gasteiger charge is 2.57. The van der Waals surface area contributed by atoms with Crippen molar-refractivity contribution < 1.29 is 9.85 Å². The Kier molecular flexibility index (Phi) is 2.83. The minimum absolute atomic E-state index is 0.312. The average Bonchev–Trinajstić information content (AvgIpc) is 2.25. The van der Waals surface area contributed by atoms with Crippen LogP contribution in [0.2, 0.25) is 0 Å². The molecule has 4 rings (SSSR count). The first-order chi connectivity index (χ1) is 8.98. The zero-order chi connectivity index (χ0) is 13.6. The molecular formula is C13H18N2O4. The van der Waals surface area contributed by atoms with Crippen molar-refractivity contribution in [3.05, 3.63) is 32.5 Å². The van der Waals surface area contributed by atoms with Crippen LogP contribution >= 0.6 is 0 Å². The maximum Gasteiger partial charge on any atom is 0.243 e. The van der Waals surface area contributed by atoms with Crippen molar-refractivity contribution in [2.75, 3.05) is 0 Å². The number of rotatable bonds is 4. The topological polar surface area (TPSA) is 86.3 Å². The zero-order valence-electron chi connectivity index (χ0n) is 10.7. The lowest BCUT2D eigenvalue weighted by atomic mass is 9.48. The van der Waals surface area contributed by atoms with Gasteiger partial charge in [0.2, 0.25) is 12.2 Å². The lowest BCUT2D eigenvalue weighted by Gasteiger charge is -2.56. The van der Waals surface area contributed by atoms with Crippen molar-refractivity contribution in [2.24, 2.45) is 23.2 Å². The van der Waals surface area contributed by atoms with Crippen molar-refractivity contribution in [3.63, 3.8) is 0 Å². The molecule has 0 N–H and O–H groups in total. The van der Waals surface area contributed by atoms with Crippen LogP contribution in [0.5, 0.6) is 0 Å². The fourth-order valence-corrected chi connectivity index (χ4v) is 5.19. The molecule has 6 heteroatoms. The van der Waals surface area contributed by atoms with Gasteiger partial charge in [-0.1, -0.05) is 0 Å². The summed E-state index contributed by atoms with van der Waals surface area (Å²) in [4.78, 5) is 20.9. The predicted octanol–water partition coefficient (Wildman–Crippen LogP) is 2.64. The molecule has 19 heavy (non-hydrogen) atoms. The molecule has 6 nitrogen and oxygen atoms in total. The van der Waals surface area contributed by atoms with E-state index in [9.17, 15) is 20.2 Å². The van der Waals surface area contributed by atoms with Crippen LogP contribution < -0.4 is 0 Å². The predicted molar refractivity (Wildman–Crippen MR) is 67.5 cm³/mol. The quantitative estimate of drug-likeness (QED) is 0.578. The summed E-state index contributed by atoms with van der Waals surface area (Å²) in [7, 11) is 0. The summed E-state index contributed by atoms with van der Waals surface area (Å²) >= 11 is 0. The average molecular weight is 266 g/mol. The Labute approximate surface area is 111 Å². The first kappa shape index (κ1) is 12.6. The Morgan fingerprint density at radius 1 is 1.00 bits per heavy atom. The van der Waals surface area contributed by atoms with E-state index in [1.807, 2.05) is 0 Å². The van der Waals surface area contributed by atoms with Crippen LogP contribution in [0, 0.1) is 43.4 Å². The lowest BCUT2D eigenvalue weighted by Crippen LogP contribution is -2.53. The van der Waals surface area contributed by atoms with Gasteiger partial charge >= 0.3 is 0 Å². The molecule has 0 saturated heterocycles. The van der Waals surface area contributed by atoms with Gasteiger partial charge in [0, 0.05) is 10.3 Å². The van der Waals surface area contributed by atoms with E-state index in [2.05, 4.69) is 0 Å². The van der Waals surface area contributed by atoms with Crippen molar-refractivity contribution in [3.8, 4) is 0 Å². The van der Waals surface area contributed by atoms with Crippen LogP contribution in [0.4, 0.5) is 0 Å². The van der Waals surface area contributed by atoms with E-state index in [0.29, 0.717) is 17.8 Å². The van der Waals surface area contributed by atoms with E-state index in [0.717, 1.165) is 25.5 Å². The Balaban J connectivity index is 1.89. The van der Waals surface area contributed by atoms with Crippen LogP contribution in [0.15, 0.2) is 12.3 Å². The minimum atomic E-state index is -0.883. The van der Waals surface area contributed by atoms with Gasteiger partial charge < -0.3 is 0 Å². The van der Waals surface area contributed by atoms with Gasteiger partial charge in [-0.05, 0) is 56.3 Å². The molecule has 0 spiro atoms. The normalized spacial score (nSPS) is 41.6. The van der Waals surface area contributed by atoms with Crippen LogP contribution in [-0.2, 0) is 0 Å². The molecular weight excluding hydrogens is 248 g/mol. The standard InChI is InChI=1S/C13H18N2O4/c16-14(17)2-1-12(15(18)19)13-6-9-3-10(7-13)5-11(4-9)8-13/h1-2,9-12H,3-8H2. The van der Waals surface area contributed by atoms with Crippen LogP contribution in [0.1, 0.15) is 38.5 Å². The van der Waals surface area contributed by atoms with Gasteiger partial charge in [-0.2, -0.15) is 0 Å². The van der Waals surface area contributed by atoms with Gasteiger partial charge in [0.15, 0.2) is 0 Å². The van der Waals surface area contributed by atoms with Crippen molar-refractivity contribution in [2.45, 2.75) is 44.6 Å². The number of nitro groups is 2. The maximum atomic E-state index is 11.4. The fourth-order valence-electron chi connectivity index (χ4n) is 5.19. The Morgan fingerprint density at radius 3 is 1.84 bits per heavy atom. The molecule has 4 fully saturated rings. The molecule has 4 bridgehead atoms. The highest BCUT2D eigenvalue weighted by Crippen LogP contribution is 2.61. The van der Waals surface area contributed by atoms with Crippen LogP contribution in [-0.4, -0.2) is 15.9 Å². The van der Waals surface area contributed by atoms with E-state index in [1.54, 1.807) is 0 Å². The van der Waals surface area contributed by atoms with Crippen LogP contribution in [0.3, 0.4) is 0 Å². The molecule has 0 heterocycles. The van der Waals surface area contributed by atoms with Gasteiger partial charge in [-0.25, -0.2) is 0 Å². The Morgan fingerprint density at radius 2 is 1.47 bits per heavy atom. The lowest BCUT2D eigenvalue weighted by molar-refractivity contribution is -0.536. The van der Waals surface area contributed by atoms with Crippen molar-refractivity contribution in [1.29, 1.82) is 0 Å². The molecule has 4 aliphatic rings. The van der Waals surface area contributed by atoms with Gasteiger partial charge in [0.05, 0.1) is 11.0 Å². The third-order valence-corrected chi connectivity index (χ3v) is 5.33. The van der Waals surface area contributed by atoms with E-state index >= 15 is 0 Å². The smallest absolute Gasteiger partial charge is 0.243 e. The monoisotopic (exact) mass is 266 g/mol. The van der Waals surface area contributed by atoms with Crippen molar-refractivity contribution >= 4 is 0 Å². The van der Waals surface area contributed by atoms with Gasteiger partial charge in [0.1, 0.15) is 0 Å². The van der Waals surface area contributed by atoms with Gasteiger partial charge in [-0.3, -0.25) is 20.2 Å². The highest BCUT2D eigenvalue weighted by atomic mass is 16.6.